The molecule has 0 saturated heterocycles. The summed E-state index contributed by atoms with van der Waals surface area (Å²) in [6, 6.07) is 0. The second-order valence-corrected chi connectivity index (χ2v) is 2.36. The molecule has 1 aromatic rings. The average molecular weight is 133 g/mol. The zero-order valence-electron chi connectivity index (χ0n) is 5.92. The van der Waals surface area contributed by atoms with Gasteiger partial charge in [0.2, 0.25) is 0 Å². The van der Waals surface area contributed by atoms with E-state index < -0.39 is 0 Å². The first-order valence-electron chi connectivity index (χ1n) is 3.16. The van der Waals surface area contributed by atoms with Gasteiger partial charge >= 0.3 is 0 Å². The van der Waals surface area contributed by atoms with Gasteiger partial charge in [-0.2, -0.15) is 0 Å². The molecule has 3 nitrogen and oxygen atoms in total. The highest BCUT2D eigenvalue weighted by Crippen LogP contribution is 2.20. The molecule has 0 aromatic carbocycles. The van der Waals surface area contributed by atoms with Crippen LogP contribution in [0.1, 0.15) is 17.1 Å². The third-order valence-electron chi connectivity index (χ3n) is 1.62. The van der Waals surface area contributed by atoms with E-state index in [2.05, 4.69) is 15.0 Å². The van der Waals surface area contributed by atoms with Gasteiger partial charge in [-0.05, 0) is 13.8 Å². The van der Waals surface area contributed by atoms with Gasteiger partial charge in [-0.1, -0.05) is 0 Å². The van der Waals surface area contributed by atoms with Crippen molar-refractivity contribution in [1.29, 1.82) is 0 Å². The van der Waals surface area contributed by atoms with E-state index in [0.29, 0.717) is 0 Å². The molecule has 1 aromatic heterocycles. The number of hydrogen-bond donors (Lipinski definition) is 0. The Balaban J connectivity index is 2.65. The van der Waals surface area contributed by atoms with Gasteiger partial charge in [0.05, 0.1) is 17.6 Å². The average Bonchev–Trinajstić information content (AvgIpc) is 1.89. The maximum Gasteiger partial charge on any atom is 0.180 e. The molecule has 0 N–H and O–H groups in total. The topological polar surface area (TPSA) is 38.1 Å². The zero-order chi connectivity index (χ0) is 7.14. The van der Waals surface area contributed by atoms with Crippen molar-refractivity contribution in [2.75, 3.05) is 0 Å². The van der Waals surface area contributed by atoms with Gasteiger partial charge in [-0.3, -0.25) is 0 Å². The fourth-order valence-electron chi connectivity index (χ4n) is 0.846. The summed E-state index contributed by atoms with van der Waals surface area (Å²) in [5, 5.41) is 0. The molecule has 2 heterocycles. The van der Waals surface area contributed by atoms with Crippen LogP contribution in [0.25, 0.3) is 0 Å². The summed E-state index contributed by atoms with van der Waals surface area (Å²) in [5.74, 6) is 0.781. The van der Waals surface area contributed by atoms with Crippen molar-refractivity contribution >= 4 is 12.0 Å². The standard InChI is InChI=1S/C7H7N3/c1-4-5(2)10-7-6(9-4)3-8-7/h3H,1-2H3. The molecule has 50 valence electrons. The first-order chi connectivity index (χ1) is 4.77. The number of aromatic nitrogens is 2. The van der Waals surface area contributed by atoms with Crippen molar-refractivity contribution < 1.29 is 0 Å². The largest absolute Gasteiger partial charge is 0.246 e. The van der Waals surface area contributed by atoms with Crippen LogP contribution in [0.5, 0.6) is 0 Å². The lowest BCUT2D eigenvalue weighted by molar-refractivity contribution is 1.01. The highest BCUT2D eigenvalue weighted by atomic mass is 15.0. The molecule has 2 rings (SSSR count). The molecule has 3 heteroatoms. The molecule has 1 aliphatic heterocycles. The quantitative estimate of drug-likeness (QED) is 0.540. The Morgan fingerprint density at radius 1 is 1.10 bits per heavy atom. The minimum atomic E-state index is 0.781. The van der Waals surface area contributed by atoms with Crippen LogP contribution in [-0.4, -0.2) is 16.2 Å². The molecule has 0 saturated carbocycles. The van der Waals surface area contributed by atoms with Crippen molar-refractivity contribution in [3.05, 3.63) is 17.1 Å². The summed E-state index contributed by atoms with van der Waals surface area (Å²) >= 11 is 0. The van der Waals surface area contributed by atoms with Crippen LogP contribution in [0.3, 0.4) is 0 Å². The van der Waals surface area contributed by atoms with Crippen molar-refractivity contribution in [1.82, 2.24) is 9.97 Å². The number of hydrogen-bond acceptors (Lipinski definition) is 3. The summed E-state index contributed by atoms with van der Waals surface area (Å²) in [6.45, 7) is 3.89. The predicted octanol–water partition coefficient (Wildman–Crippen LogP) is 1.16. The predicted molar refractivity (Wildman–Crippen MR) is 38.8 cm³/mol. The second kappa shape index (κ2) is 1.62. The molecular weight excluding hydrogens is 126 g/mol. The summed E-state index contributed by atoms with van der Waals surface area (Å²) in [5.41, 5.74) is 2.88. The van der Waals surface area contributed by atoms with Gasteiger partial charge in [-0.15, -0.1) is 0 Å². The molecular formula is C7H7N3. The molecule has 0 radical (unpaired) electrons. The monoisotopic (exact) mass is 133 g/mol. The highest BCUT2D eigenvalue weighted by molar-refractivity contribution is 5.92. The van der Waals surface area contributed by atoms with Crippen LogP contribution in [0.2, 0.25) is 0 Å². The summed E-state index contributed by atoms with van der Waals surface area (Å²) in [4.78, 5) is 12.4. The Morgan fingerprint density at radius 3 is 2.30 bits per heavy atom. The molecule has 0 atom stereocenters. The van der Waals surface area contributed by atoms with Crippen molar-refractivity contribution in [3.63, 3.8) is 0 Å². The van der Waals surface area contributed by atoms with E-state index in [4.69, 9.17) is 0 Å². The van der Waals surface area contributed by atoms with E-state index in [1.807, 2.05) is 13.8 Å². The van der Waals surface area contributed by atoms with Crippen molar-refractivity contribution in [2.45, 2.75) is 13.8 Å². The number of rotatable bonds is 0. The molecule has 0 unspecified atom stereocenters. The Kier molecular flexibility index (Phi) is 0.897. The Morgan fingerprint density at radius 2 is 1.80 bits per heavy atom. The van der Waals surface area contributed by atoms with Crippen LogP contribution in [-0.2, 0) is 0 Å². The van der Waals surface area contributed by atoms with Gasteiger partial charge in [0.25, 0.3) is 0 Å². The van der Waals surface area contributed by atoms with Gasteiger partial charge in [-0.25, -0.2) is 15.0 Å². The van der Waals surface area contributed by atoms with E-state index in [0.717, 1.165) is 22.9 Å². The fourth-order valence-corrected chi connectivity index (χ4v) is 0.846. The first kappa shape index (κ1) is 5.53. The lowest BCUT2D eigenvalue weighted by atomic mass is 10.3. The van der Waals surface area contributed by atoms with Crippen molar-refractivity contribution in [3.8, 4) is 0 Å². The minimum Gasteiger partial charge on any atom is -0.246 e. The lowest BCUT2D eigenvalue weighted by Crippen LogP contribution is -2.03. The highest BCUT2D eigenvalue weighted by Gasteiger charge is 2.11. The Labute approximate surface area is 58.9 Å². The molecule has 0 fully saturated rings. The van der Waals surface area contributed by atoms with E-state index in [-0.39, 0.29) is 0 Å². The van der Waals surface area contributed by atoms with Crippen molar-refractivity contribution in [2.24, 2.45) is 4.99 Å². The fraction of sp³-hybridized carbons (Fsp3) is 0.286. The van der Waals surface area contributed by atoms with E-state index >= 15 is 0 Å². The number of fused-ring (bicyclic) bond motifs is 1. The number of aliphatic imine (C=N–C) groups is 1. The molecule has 0 bridgehead atoms. The maximum atomic E-state index is 4.25. The van der Waals surface area contributed by atoms with Gasteiger partial charge in [0, 0.05) is 0 Å². The van der Waals surface area contributed by atoms with Gasteiger partial charge in [0.15, 0.2) is 5.82 Å². The summed E-state index contributed by atoms with van der Waals surface area (Å²) in [6.07, 6.45) is 1.73. The molecule has 0 amide bonds. The van der Waals surface area contributed by atoms with Crippen LogP contribution in [0.15, 0.2) is 4.99 Å². The smallest absolute Gasteiger partial charge is 0.180 e. The maximum absolute atomic E-state index is 4.25. The van der Waals surface area contributed by atoms with E-state index in [1.165, 1.54) is 0 Å². The Bertz CT molecular complexity index is 284. The van der Waals surface area contributed by atoms with E-state index in [9.17, 15) is 0 Å². The lowest BCUT2D eigenvalue weighted by Gasteiger charge is -2.08. The number of nitrogens with zero attached hydrogens (tertiary/aromatic N) is 3. The molecule has 0 aliphatic carbocycles. The first-order valence-corrected chi connectivity index (χ1v) is 3.16. The minimum absolute atomic E-state index is 0.781. The van der Waals surface area contributed by atoms with Crippen LogP contribution in [0.4, 0.5) is 5.82 Å². The van der Waals surface area contributed by atoms with E-state index in [1.54, 1.807) is 6.21 Å². The normalized spacial score (nSPS) is 12.6. The third kappa shape index (κ3) is 0.572. The SMILES string of the molecule is Cc1nc2c(nc1C)N=C2. The van der Waals surface area contributed by atoms with Crippen LogP contribution >= 0.6 is 0 Å². The van der Waals surface area contributed by atoms with Crippen LogP contribution < -0.4 is 0 Å². The summed E-state index contributed by atoms with van der Waals surface area (Å²) < 4.78 is 0. The van der Waals surface area contributed by atoms with Crippen LogP contribution in [0, 0.1) is 13.8 Å². The molecule has 0 spiro atoms. The molecule has 10 heavy (non-hydrogen) atoms. The summed E-state index contributed by atoms with van der Waals surface area (Å²) in [7, 11) is 0. The number of aryl methyl sites for hydroxylation is 2. The molecule has 1 aliphatic rings. The zero-order valence-corrected chi connectivity index (χ0v) is 5.92. The van der Waals surface area contributed by atoms with Gasteiger partial charge < -0.3 is 0 Å². The third-order valence-corrected chi connectivity index (χ3v) is 1.62. The second-order valence-electron chi connectivity index (χ2n) is 2.36. The Hall–Kier alpha value is -1.25. The van der Waals surface area contributed by atoms with Gasteiger partial charge in [0.1, 0.15) is 5.69 Å².